The highest BCUT2D eigenvalue weighted by molar-refractivity contribution is 7.89. The molecule has 1 aromatic carbocycles. The van der Waals surface area contributed by atoms with E-state index in [9.17, 15) is 13.2 Å². The predicted molar refractivity (Wildman–Crippen MR) is 92.6 cm³/mol. The van der Waals surface area contributed by atoms with Crippen molar-refractivity contribution in [2.24, 2.45) is 0 Å². The fourth-order valence-corrected chi connectivity index (χ4v) is 4.19. The van der Waals surface area contributed by atoms with Crippen LogP contribution in [0.4, 0.5) is 0 Å². The van der Waals surface area contributed by atoms with E-state index in [0.717, 1.165) is 19.3 Å². The minimum absolute atomic E-state index is 0.0800. The lowest BCUT2D eigenvalue weighted by Gasteiger charge is -2.17. The van der Waals surface area contributed by atoms with Gasteiger partial charge in [0.15, 0.2) is 6.61 Å². The van der Waals surface area contributed by atoms with Crippen LogP contribution in [0.1, 0.15) is 38.7 Å². The number of ether oxygens (including phenoxy) is 1. The van der Waals surface area contributed by atoms with Crippen LogP contribution in [0.15, 0.2) is 23.1 Å². The highest BCUT2D eigenvalue weighted by Crippen LogP contribution is 2.26. The molecule has 0 unspecified atom stereocenters. The topological polar surface area (TPSA) is 75.7 Å². The van der Waals surface area contributed by atoms with Gasteiger partial charge in [-0.05, 0) is 56.9 Å². The van der Waals surface area contributed by atoms with Crippen molar-refractivity contribution < 1.29 is 17.9 Å². The van der Waals surface area contributed by atoms with E-state index in [1.54, 1.807) is 25.1 Å². The molecule has 1 aliphatic heterocycles. The molecule has 6 nitrogen and oxygen atoms in total. The molecule has 24 heavy (non-hydrogen) atoms. The highest BCUT2D eigenvalue weighted by atomic mass is 32.2. The molecular weight excluding hydrogens is 328 g/mol. The lowest BCUT2D eigenvalue weighted by atomic mass is 10.2. The van der Waals surface area contributed by atoms with Gasteiger partial charge in [-0.15, -0.1) is 0 Å². The number of sulfonamides is 1. The smallest absolute Gasteiger partial charge is 0.258 e. The first kappa shape index (κ1) is 18.7. The SMILES string of the molecule is CC[C@@H](C)NC(=O)COc1ccc(S(=O)(=O)N2CCCC2)cc1C. The van der Waals surface area contributed by atoms with Gasteiger partial charge in [0, 0.05) is 19.1 Å². The average Bonchev–Trinajstić information content (AvgIpc) is 3.08. The van der Waals surface area contributed by atoms with Crippen molar-refractivity contribution in [1.29, 1.82) is 0 Å². The number of carbonyl (C=O) groups excluding carboxylic acids is 1. The summed E-state index contributed by atoms with van der Waals surface area (Å²) in [7, 11) is -3.43. The third kappa shape index (κ3) is 4.48. The van der Waals surface area contributed by atoms with E-state index >= 15 is 0 Å². The molecule has 1 N–H and O–H groups in total. The summed E-state index contributed by atoms with van der Waals surface area (Å²) < 4.78 is 32.1. The Morgan fingerprint density at radius 2 is 2.00 bits per heavy atom. The van der Waals surface area contributed by atoms with Gasteiger partial charge in [-0.3, -0.25) is 4.79 Å². The molecule has 0 bridgehead atoms. The van der Waals surface area contributed by atoms with E-state index in [-0.39, 0.29) is 23.5 Å². The summed E-state index contributed by atoms with van der Waals surface area (Å²) in [5.74, 6) is 0.340. The number of amides is 1. The van der Waals surface area contributed by atoms with E-state index in [1.165, 1.54) is 4.31 Å². The summed E-state index contributed by atoms with van der Waals surface area (Å²) in [5, 5.41) is 2.83. The molecule has 0 saturated carbocycles. The summed E-state index contributed by atoms with van der Waals surface area (Å²) in [6, 6.07) is 4.88. The van der Waals surface area contributed by atoms with Crippen molar-refractivity contribution >= 4 is 15.9 Å². The summed E-state index contributed by atoms with van der Waals surface area (Å²) >= 11 is 0. The summed E-state index contributed by atoms with van der Waals surface area (Å²) in [6.45, 7) is 6.79. The molecule has 1 aliphatic rings. The Balaban J connectivity index is 2.03. The van der Waals surface area contributed by atoms with Crippen LogP contribution in [-0.2, 0) is 14.8 Å². The van der Waals surface area contributed by atoms with Crippen LogP contribution >= 0.6 is 0 Å². The minimum atomic E-state index is -3.43. The van der Waals surface area contributed by atoms with Crippen LogP contribution in [0.3, 0.4) is 0 Å². The van der Waals surface area contributed by atoms with Crippen LogP contribution in [-0.4, -0.2) is 44.4 Å². The largest absolute Gasteiger partial charge is 0.484 e. The second-order valence-electron chi connectivity index (χ2n) is 6.20. The maximum atomic E-state index is 12.5. The first-order valence-electron chi connectivity index (χ1n) is 8.37. The molecule has 1 fully saturated rings. The fourth-order valence-electron chi connectivity index (χ4n) is 2.58. The normalized spacial score (nSPS) is 16.8. The Morgan fingerprint density at radius 3 is 2.58 bits per heavy atom. The maximum Gasteiger partial charge on any atom is 0.258 e. The summed E-state index contributed by atoms with van der Waals surface area (Å²) in [5.41, 5.74) is 0.701. The molecule has 1 amide bonds. The van der Waals surface area contributed by atoms with E-state index < -0.39 is 10.0 Å². The van der Waals surface area contributed by atoms with E-state index in [4.69, 9.17) is 4.74 Å². The Morgan fingerprint density at radius 1 is 1.33 bits per heavy atom. The summed E-state index contributed by atoms with van der Waals surface area (Å²) in [4.78, 5) is 12.0. The highest BCUT2D eigenvalue weighted by Gasteiger charge is 2.27. The monoisotopic (exact) mass is 354 g/mol. The molecule has 7 heteroatoms. The molecule has 0 spiro atoms. The molecule has 1 heterocycles. The second-order valence-corrected chi connectivity index (χ2v) is 8.14. The van der Waals surface area contributed by atoms with E-state index in [1.807, 2.05) is 13.8 Å². The number of hydrogen-bond donors (Lipinski definition) is 1. The zero-order valence-electron chi connectivity index (χ0n) is 14.5. The first-order valence-corrected chi connectivity index (χ1v) is 9.81. The molecule has 2 rings (SSSR count). The second kappa shape index (κ2) is 7.98. The number of nitrogens with zero attached hydrogens (tertiary/aromatic N) is 1. The molecule has 0 aliphatic carbocycles. The van der Waals surface area contributed by atoms with Gasteiger partial charge in [-0.1, -0.05) is 6.92 Å². The number of nitrogens with one attached hydrogen (secondary N) is 1. The molecular formula is C17H26N2O4S. The molecule has 1 atom stereocenters. The number of carbonyl (C=O) groups is 1. The quantitative estimate of drug-likeness (QED) is 0.813. The fraction of sp³-hybridized carbons (Fsp3) is 0.588. The molecule has 0 aromatic heterocycles. The number of hydrogen-bond acceptors (Lipinski definition) is 4. The van der Waals surface area contributed by atoms with Gasteiger partial charge in [0.05, 0.1) is 4.90 Å². The van der Waals surface area contributed by atoms with Crippen LogP contribution in [0.25, 0.3) is 0 Å². The first-order chi connectivity index (χ1) is 11.3. The zero-order valence-corrected chi connectivity index (χ0v) is 15.4. The van der Waals surface area contributed by atoms with Gasteiger partial charge >= 0.3 is 0 Å². The van der Waals surface area contributed by atoms with Crippen LogP contribution in [0.5, 0.6) is 5.75 Å². The van der Waals surface area contributed by atoms with Crippen molar-refractivity contribution in [1.82, 2.24) is 9.62 Å². The molecule has 1 aromatic rings. The van der Waals surface area contributed by atoms with Gasteiger partial charge in [-0.2, -0.15) is 4.31 Å². The maximum absolute atomic E-state index is 12.5. The standard InChI is InChI=1S/C17H26N2O4S/c1-4-14(3)18-17(20)12-23-16-8-7-15(11-13(16)2)24(21,22)19-9-5-6-10-19/h7-8,11,14H,4-6,9-10,12H2,1-3H3,(H,18,20)/t14-/m1/s1. The van der Waals surface area contributed by atoms with Crippen LogP contribution in [0, 0.1) is 6.92 Å². The van der Waals surface area contributed by atoms with Crippen LogP contribution in [0.2, 0.25) is 0 Å². The molecule has 134 valence electrons. The third-order valence-corrected chi connectivity index (χ3v) is 6.12. The predicted octanol–water partition coefficient (Wildman–Crippen LogP) is 2.07. The van der Waals surface area contributed by atoms with Gasteiger partial charge in [-0.25, -0.2) is 8.42 Å². The van der Waals surface area contributed by atoms with E-state index in [2.05, 4.69) is 5.32 Å². The van der Waals surface area contributed by atoms with Gasteiger partial charge < -0.3 is 10.1 Å². The Kier molecular flexibility index (Phi) is 6.23. The van der Waals surface area contributed by atoms with Crippen molar-refractivity contribution in [3.63, 3.8) is 0 Å². The number of rotatable bonds is 7. The van der Waals surface area contributed by atoms with Crippen molar-refractivity contribution in [2.75, 3.05) is 19.7 Å². The Hall–Kier alpha value is -1.60. The Labute approximate surface area is 144 Å². The van der Waals surface area contributed by atoms with Gasteiger partial charge in [0.1, 0.15) is 5.75 Å². The lowest BCUT2D eigenvalue weighted by molar-refractivity contribution is -0.123. The van der Waals surface area contributed by atoms with Gasteiger partial charge in [0.25, 0.3) is 5.91 Å². The Bertz CT molecular complexity index is 682. The van der Waals surface area contributed by atoms with Crippen molar-refractivity contribution in [3.05, 3.63) is 23.8 Å². The number of benzene rings is 1. The van der Waals surface area contributed by atoms with Gasteiger partial charge in [0.2, 0.25) is 10.0 Å². The minimum Gasteiger partial charge on any atom is -0.484 e. The molecule has 0 radical (unpaired) electrons. The number of aryl methyl sites for hydroxylation is 1. The van der Waals surface area contributed by atoms with Crippen LogP contribution < -0.4 is 10.1 Å². The van der Waals surface area contributed by atoms with E-state index in [0.29, 0.717) is 24.4 Å². The zero-order chi connectivity index (χ0) is 17.7. The summed E-state index contributed by atoms with van der Waals surface area (Å²) in [6.07, 6.45) is 2.67. The average molecular weight is 354 g/mol. The third-order valence-electron chi connectivity index (χ3n) is 4.23. The van der Waals surface area contributed by atoms with Crippen molar-refractivity contribution in [3.8, 4) is 5.75 Å². The lowest BCUT2D eigenvalue weighted by Crippen LogP contribution is -2.35. The molecule has 1 saturated heterocycles. The van der Waals surface area contributed by atoms with Crippen molar-refractivity contribution in [2.45, 2.75) is 51.0 Å².